The summed E-state index contributed by atoms with van der Waals surface area (Å²) in [6.07, 6.45) is -0.0363. The van der Waals surface area contributed by atoms with Gasteiger partial charge in [0.1, 0.15) is 0 Å². The molecule has 1 aromatic rings. The van der Waals surface area contributed by atoms with Crippen molar-refractivity contribution in [3.05, 3.63) is 22.4 Å². The first-order valence-electron chi connectivity index (χ1n) is 7.87. The first-order chi connectivity index (χ1) is 11.4. The number of aliphatic hydroxyl groups is 1. The minimum absolute atomic E-state index is 0.133. The van der Waals surface area contributed by atoms with Crippen LogP contribution in [0.5, 0.6) is 0 Å². The Hall–Kier alpha value is -1.48. The minimum atomic E-state index is -1.23. The number of hydrogen-bond donors (Lipinski definition) is 3. The van der Waals surface area contributed by atoms with Gasteiger partial charge in [-0.05, 0) is 24.3 Å². The van der Waals surface area contributed by atoms with Gasteiger partial charge in [0.2, 0.25) is 0 Å². The Kier molecular flexibility index (Phi) is 4.65. The summed E-state index contributed by atoms with van der Waals surface area (Å²) in [7, 11) is 0. The van der Waals surface area contributed by atoms with Gasteiger partial charge in [0, 0.05) is 24.5 Å². The summed E-state index contributed by atoms with van der Waals surface area (Å²) in [4.78, 5) is 26.1. The molecule has 1 aromatic heterocycles. The van der Waals surface area contributed by atoms with Crippen LogP contribution in [0.3, 0.4) is 0 Å². The van der Waals surface area contributed by atoms with Crippen molar-refractivity contribution in [2.24, 2.45) is 10.8 Å². The van der Waals surface area contributed by atoms with Crippen molar-refractivity contribution < 1.29 is 29.6 Å². The predicted octanol–water partition coefficient (Wildman–Crippen LogP) is 0.877. The van der Waals surface area contributed by atoms with Gasteiger partial charge in [-0.3, -0.25) is 14.5 Å². The number of thiophene rings is 1. The lowest BCUT2D eigenvalue weighted by Gasteiger charge is -2.48. The van der Waals surface area contributed by atoms with E-state index in [0.29, 0.717) is 19.4 Å². The van der Waals surface area contributed by atoms with E-state index in [1.807, 2.05) is 17.5 Å². The molecule has 24 heavy (non-hydrogen) atoms. The van der Waals surface area contributed by atoms with E-state index in [1.54, 1.807) is 16.2 Å². The van der Waals surface area contributed by atoms with Crippen LogP contribution < -0.4 is 0 Å². The highest BCUT2D eigenvalue weighted by Gasteiger charge is 2.72. The van der Waals surface area contributed by atoms with Gasteiger partial charge >= 0.3 is 11.9 Å². The van der Waals surface area contributed by atoms with Crippen molar-refractivity contribution in [2.45, 2.75) is 25.6 Å². The van der Waals surface area contributed by atoms with E-state index < -0.39 is 28.9 Å². The van der Waals surface area contributed by atoms with Crippen molar-refractivity contribution >= 4 is 23.3 Å². The number of β-amino-alcohol motifs (C(OH)–C–C–N with tert-alkyl or cyclic N) is 1. The first kappa shape index (κ1) is 17.3. The predicted molar refractivity (Wildman–Crippen MR) is 85.8 cm³/mol. The molecule has 1 saturated carbocycles. The molecule has 3 atom stereocenters. The van der Waals surface area contributed by atoms with Crippen LogP contribution in [-0.2, 0) is 20.9 Å². The molecule has 7 nitrogen and oxygen atoms in total. The fraction of sp³-hybridized carbons (Fsp3) is 0.625. The summed E-state index contributed by atoms with van der Waals surface area (Å²) in [6.45, 7) is 1.10. The van der Waals surface area contributed by atoms with Crippen molar-refractivity contribution in [3.8, 4) is 0 Å². The van der Waals surface area contributed by atoms with Crippen LogP contribution in [0, 0.1) is 10.8 Å². The summed E-state index contributed by atoms with van der Waals surface area (Å²) in [5.41, 5.74) is -2.45. The maximum atomic E-state index is 11.7. The zero-order chi connectivity index (χ0) is 17.4. The number of hydrogen-bond acceptors (Lipinski definition) is 6. The van der Waals surface area contributed by atoms with Gasteiger partial charge in [-0.15, -0.1) is 11.3 Å². The third-order valence-corrected chi connectivity index (χ3v) is 6.15. The third kappa shape index (κ3) is 2.73. The molecular weight excluding hydrogens is 334 g/mol. The number of carboxylic acids is 2. The number of carbonyl (C=O) groups is 2. The number of aliphatic hydroxyl groups excluding tert-OH is 1. The molecule has 0 radical (unpaired) electrons. The van der Waals surface area contributed by atoms with E-state index in [1.165, 1.54) is 0 Å². The molecular formula is C16H21NO6S. The molecule has 1 aliphatic heterocycles. The maximum Gasteiger partial charge on any atom is 0.312 e. The lowest BCUT2D eigenvalue weighted by Crippen LogP contribution is -2.59. The molecule has 3 unspecified atom stereocenters. The third-order valence-electron chi connectivity index (χ3n) is 5.30. The van der Waals surface area contributed by atoms with E-state index in [9.17, 15) is 24.9 Å². The largest absolute Gasteiger partial charge is 0.481 e. The fourth-order valence-corrected chi connectivity index (χ4v) is 4.58. The Morgan fingerprint density at radius 1 is 1.25 bits per heavy atom. The zero-order valence-electron chi connectivity index (χ0n) is 13.2. The topological polar surface area (TPSA) is 107 Å². The molecule has 3 rings (SSSR count). The number of ether oxygens (including phenoxy) is 1. The van der Waals surface area contributed by atoms with Crippen molar-refractivity contribution in [3.63, 3.8) is 0 Å². The average Bonchev–Trinajstić information content (AvgIpc) is 3.07. The molecule has 0 aromatic carbocycles. The smallest absolute Gasteiger partial charge is 0.312 e. The molecule has 0 amide bonds. The second-order valence-electron chi connectivity index (χ2n) is 6.69. The Bertz CT molecular complexity index is 590. The maximum absolute atomic E-state index is 11.7. The van der Waals surface area contributed by atoms with E-state index in [-0.39, 0.29) is 26.2 Å². The Balaban J connectivity index is 1.54. The van der Waals surface area contributed by atoms with Crippen LogP contribution in [0.4, 0.5) is 0 Å². The van der Waals surface area contributed by atoms with Crippen LogP contribution in [-0.4, -0.2) is 64.5 Å². The van der Waals surface area contributed by atoms with E-state index in [0.717, 1.165) is 4.88 Å². The Morgan fingerprint density at radius 3 is 2.33 bits per heavy atom. The van der Waals surface area contributed by atoms with Gasteiger partial charge in [-0.2, -0.15) is 0 Å². The van der Waals surface area contributed by atoms with Gasteiger partial charge in [0.15, 0.2) is 0 Å². The van der Waals surface area contributed by atoms with Gasteiger partial charge in [0.05, 0.1) is 30.1 Å². The fourth-order valence-electron chi connectivity index (χ4n) is 3.94. The molecule has 132 valence electrons. The van der Waals surface area contributed by atoms with Gasteiger partial charge in [-0.25, -0.2) is 0 Å². The summed E-state index contributed by atoms with van der Waals surface area (Å²) in [6, 6.07) is 3.87. The van der Waals surface area contributed by atoms with Gasteiger partial charge < -0.3 is 20.1 Å². The molecule has 2 fully saturated rings. The van der Waals surface area contributed by atoms with E-state index in [4.69, 9.17) is 4.74 Å². The molecule has 0 spiro atoms. The summed E-state index contributed by atoms with van der Waals surface area (Å²) >= 11 is 1.57. The summed E-state index contributed by atoms with van der Waals surface area (Å²) in [5.74, 6) is -2.11. The zero-order valence-corrected chi connectivity index (χ0v) is 14.0. The molecule has 0 bridgehead atoms. The number of nitrogens with zero attached hydrogens (tertiary/aromatic N) is 1. The number of aliphatic carboxylic acids is 2. The molecule has 2 heterocycles. The Morgan fingerprint density at radius 2 is 1.88 bits per heavy atom. The number of fused-ring (bicyclic) bond motifs is 1. The second kappa shape index (κ2) is 6.44. The van der Waals surface area contributed by atoms with Crippen LogP contribution >= 0.6 is 11.3 Å². The monoisotopic (exact) mass is 355 g/mol. The lowest BCUT2D eigenvalue weighted by molar-refractivity contribution is -0.183. The van der Waals surface area contributed by atoms with E-state index >= 15 is 0 Å². The number of carboxylic acid groups (broad SMARTS) is 2. The van der Waals surface area contributed by atoms with Gasteiger partial charge in [0.25, 0.3) is 0 Å². The van der Waals surface area contributed by atoms with Crippen LogP contribution in [0.25, 0.3) is 0 Å². The number of rotatable bonds is 8. The molecule has 1 aliphatic carbocycles. The van der Waals surface area contributed by atoms with Crippen molar-refractivity contribution in [1.29, 1.82) is 0 Å². The lowest BCUT2D eigenvalue weighted by atomic mass is 9.51. The standard InChI is InChI=1S/C16H21NO6S/c18-11(7-23-8-12-2-1-5-24-12)6-17-9-15(13(19)20)3-4-16(15,10-17)14(21)22/h1-2,5,11,18H,3-4,6-10H2,(H,19,20)(H,21,22). The Labute approximate surface area is 143 Å². The minimum Gasteiger partial charge on any atom is -0.481 e. The highest BCUT2D eigenvalue weighted by molar-refractivity contribution is 7.09. The first-order valence-corrected chi connectivity index (χ1v) is 8.75. The molecule has 2 aliphatic rings. The SMILES string of the molecule is O=C(O)C12CCC1(C(=O)O)CN(CC(O)COCc1cccs1)C2. The number of likely N-dealkylation sites (tertiary alicyclic amines) is 1. The highest BCUT2D eigenvalue weighted by atomic mass is 32.1. The van der Waals surface area contributed by atoms with Crippen LogP contribution in [0.2, 0.25) is 0 Å². The summed E-state index contributed by atoms with van der Waals surface area (Å²) in [5, 5.41) is 31.1. The second-order valence-corrected chi connectivity index (χ2v) is 7.72. The van der Waals surface area contributed by atoms with Crippen LogP contribution in [0.15, 0.2) is 17.5 Å². The van der Waals surface area contributed by atoms with Crippen molar-refractivity contribution in [1.82, 2.24) is 4.90 Å². The average molecular weight is 355 g/mol. The van der Waals surface area contributed by atoms with Crippen LogP contribution in [0.1, 0.15) is 17.7 Å². The molecule has 8 heteroatoms. The van der Waals surface area contributed by atoms with Crippen molar-refractivity contribution in [2.75, 3.05) is 26.2 Å². The summed E-state index contributed by atoms with van der Waals surface area (Å²) < 4.78 is 5.47. The molecule has 1 saturated heterocycles. The normalized spacial score (nSPS) is 30.5. The highest BCUT2D eigenvalue weighted by Crippen LogP contribution is 2.61. The van der Waals surface area contributed by atoms with Gasteiger partial charge in [-0.1, -0.05) is 6.07 Å². The quantitative estimate of drug-likeness (QED) is 0.635. The molecule has 3 N–H and O–H groups in total. The van der Waals surface area contributed by atoms with E-state index in [2.05, 4.69) is 0 Å².